The minimum atomic E-state index is -0.392. The standard InChI is InChI=1S/C14H22FNO2/c1-3-4-5-8-18-10-13(16)11-6-7-14(17-2)12(15)9-11/h6-7,9,13H,3-5,8,10,16H2,1-2H3. The summed E-state index contributed by atoms with van der Waals surface area (Å²) in [5.41, 5.74) is 6.66. The summed E-state index contributed by atoms with van der Waals surface area (Å²) < 4.78 is 23.8. The zero-order chi connectivity index (χ0) is 13.4. The SMILES string of the molecule is CCCCCOCC(N)c1ccc(OC)c(F)c1. The maximum Gasteiger partial charge on any atom is 0.165 e. The van der Waals surface area contributed by atoms with Gasteiger partial charge >= 0.3 is 0 Å². The van der Waals surface area contributed by atoms with Crippen molar-refractivity contribution < 1.29 is 13.9 Å². The van der Waals surface area contributed by atoms with Crippen molar-refractivity contribution in [3.05, 3.63) is 29.6 Å². The van der Waals surface area contributed by atoms with Crippen molar-refractivity contribution in [2.75, 3.05) is 20.3 Å². The van der Waals surface area contributed by atoms with Crippen molar-refractivity contribution in [2.24, 2.45) is 5.73 Å². The van der Waals surface area contributed by atoms with Crippen molar-refractivity contribution in [1.82, 2.24) is 0 Å². The van der Waals surface area contributed by atoms with E-state index in [9.17, 15) is 4.39 Å². The second kappa shape index (κ2) is 8.06. The minimum absolute atomic E-state index is 0.231. The molecule has 102 valence electrons. The molecule has 1 aromatic rings. The number of benzene rings is 1. The Bertz CT molecular complexity index is 358. The van der Waals surface area contributed by atoms with Crippen LogP contribution in [0.5, 0.6) is 5.75 Å². The van der Waals surface area contributed by atoms with E-state index in [0.29, 0.717) is 13.2 Å². The summed E-state index contributed by atoms with van der Waals surface area (Å²) in [6, 6.07) is 4.45. The summed E-state index contributed by atoms with van der Waals surface area (Å²) in [7, 11) is 1.44. The molecule has 0 aromatic heterocycles. The van der Waals surface area contributed by atoms with Gasteiger partial charge in [-0.2, -0.15) is 0 Å². The van der Waals surface area contributed by atoms with E-state index in [4.69, 9.17) is 15.2 Å². The highest BCUT2D eigenvalue weighted by atomic mass is 19.1. The first-order chi connectivity index (χ1) is 8.69. The van der Waals surface area contributed by atoms with Crippen LogP contribution in [0.25, 0.3) is 0 Å². The normalized spacial score (nSPS) is 12.4. The molecular weight excluding hydrogens is 233 g/mol. The van der Waals surface area contributed by atoms with Crippen molar-refractivity contribution >= 4 is 0 Å². The van der Waals surface area contributed by atoms with Gasteiger partial charge in [0.05, 0.1) is 19.8 Å². The van der Waals surface area contributed by atoms with E-state index in [-0.39, 0.29) is 11.8 Å². The fraction of sp³-hybridized carbons (Fsp3) is 0.571. The average Bonchev–Trinajstić information content (AvgIpc) is 2.38. The summed E-state index contributed by atoms with van der Waals surface area (Å²) in [6.45, 7) is 3.27. The van der Waals surface area contributed by atoms with Gasteiger partial charge in [-0.15, -0.1) is 0 Å². The summed E-state index contributed by atoms with van der Waals surface area (Å²) in [5, 5.41) is 0. The van der Waals surface area contributed by atoms with Crippen molar-refractivity contribution in [1.29, 1.82) is 0 Å². The van der Waals surface area contributed by atoms with Crippen LogP contribution in [-0.2, 0) is 4.74 Å². The Kier molecular flexibility index (Phi) is 6.68. The first-order valence-corrected chi connectivity index (χ1v) is 6.35. The van der Waals surface area contributed by atoms with Gasteiger partial charge in [0.1, 0.15) is 0 Å². The molecule has 1 aromatic carbocycles. The number of hydrogen-bond acceptors (Lipinski definition) is 3. The predicted octanol–water partition coefficient (Wildman–Crippen LogP) is 3.04. The van der Waals surface area contributed by atoms with Crippen LogP contribution >= 0.6 is 0 Å². The lowest BCUT2D eigenvalue weighted by Crippen LogP contribution is -2.17. The molecule has 0 aliphatic heterocycles. The van der Waals surface area contributed by atoms with Crippen LogP contribution in [0.1, 0.15) is 37.8 Å². The highest BCUT2D eigenvalue weighted by Crippen LogP contribution is 2.21. The number of nitrogens with two attached hydrogens (primary N) is 1. The summed E-state index contributed by atoms with van der Waals surface area (Å²) >= 11 is 0. The summed E-state index contributed by atoms with van der Waals surface area (Å²) in [6.07, 6.45) is 3.37. The molecule has 1 atom stereocenters. The topological polar surface area (TPSA) is 44.5 Å². The molecule has 0 fully saturated rings. The van der Waals surface area contributed by atoms with Gasteiger partial charge < -0.3 is 15.2 Å². The van der Waals surface area contributed by atoms with Crippen molar-refractivity contribution in [3.8, 4) is 5.75 Å². The number of unbranched alkanes of at least 4 members (excludes halogenated alkanes) is 2. The van der Waals surface area contributed by atoms with Crippen LogP contribution in [0.4, 0.5) is 4.39 Å². The zero-order valence-corrected chi connectivity index (χ0v) is 11.1. The molecule has 3 nitrogen and oxygen atoms in total. The minimum Gasteiger partial charge on any atom is -0.494 e. The molecule has 0 heterocycles. The lowest BCUT2D eigenvalue weighted by atomic mass is 10.1. The molecule has 0 aliphatic rings. The quantitative estimate of drug-likeness (QED) is 0.726. The number of halogens is 1. The molecule has 0 spiro atoms. The van der Waals surface area contributed by atoms with Gasteiger partial charge in [0.25, 0.3) is 0 Å². The highest BCUT2D eigenvalue weighted by Gasteiger charge is 2.10. The molecular formula is C14H22FNO2. The third-order valence-electron chi connectivity index (χ3n) is 2.79. The number of methoxy groups -OCH3 is 1. The Balaban J connectivity index is 2.41. The van der Waals surface area contributed by atoms with Crippen LogP contribution in [0.2, 0.25) is 0 Å². The van der Waals surface area contributed by atoms with Gasteiger partial charge in [-0.05, 0) is 24.1 Å². The molecule has 0 saturated carbocycles. The Hall–Kier alpha value is -1.13. The molecule has 0 aliphatic carbocycles. The number of rotatable bonds is 8. The Morgan fingerprint density at radius 2 is 2.11 bits per heavy atom. The smallest absolute Gasteiger partial charge is 0.165 e. The Labute approximate surface area is 108 Å². The lowest BCUT2D eigenvalue weighted by molar-refractivity contribution is 0.117. The monoisotopic (exact) mass is 255 g/mol. The van der Waals surface area contributed by atoms with Crippen molar-refractivity contribution in [3.63, 3.8) is 0 Å². The third kappa shape index (κ3) is 4.63. The molecule has 1 unspecified atom stereocenters. The van der Waals surface area contributed by atoms with Gasteiger partial charge in [0.2, 0.25) is 0 Å². The first kappa shape index (κ1) is 14.9. The van der Waals surface area contributed by atoms with Gasteiger partial charge in [0, 0.05) is 6.61 Å². The molecule has 0 amide bonds. The molecule has 2 N–H and O–H groups in total. The lowest BCUT2D eigenvalue weighted by Gasteiger charge is -2.13. The molecule has 0 saturated heterocycles. The maximum atomic E-state index is 13.5. The second-order valence-electron chi connectivity index (χ2n) is 4.28. The molecule has 0 radical (unpaired) electrons. The second-order valence-corrected chi connectivity index (χ2v) is 4.28. The van der Waals surface area contributed by atoms with Crippen LogP contribution in [0.3, 0.4) is 0 Å². The predicted molar refractivity (Wildman–Crippen MR) is 70.2 cm³/mol. The Morgan fingerprint density at radius 3 is 2.72 bits per heavy atom. The fourth-order valence-electron chi connectivity index (χ4n) is 1.67. The summed E-state index contributed by atoms with van der Waals surface area (Å²) in [5.74, 6) is -0.161. The molecule has 4 heteroatoms. The van der Waals surface area contributed by atoms with E-state index in [0.717, 1.165) is 18.4 Å². The molecule has 18 heavy (non-hydrogen) atoms. The highest BCUT2D eigenvalue weighted by molar-refractivity contribution is 5.30. The van der Waals surface area contributed by atoms with Gasteiger partial charge in [-0.1, -0.05) is 25.8 Å². The van der Waals surface area contributed by atoms with Crippen molar-refractivity contribution in [2.45, 2.75) is 32.2 Å². The van der Waals surface area contributed by atoms with E-state index < -0.39 is 5.82 Å². The van der Waals surface area contributed by atoms with Crippen LogP contribution in [0.15, 0.2) is 18.2 Å². The number of ether oxygens (including phenoxy) is 2. The van der Waals surface area contributed by atoms with Crippen LogP contribution in [-0.4, -0.2) is 20.3 Å². The Morgan fingerprint density at radius 1 is 1.33 bits per heavy atom. The van der Waals surface area contributed by atoms with E-state index in [2.05, 4.69) is 6.92 Å². The summed E-state index contributed by atoms with van der Waals surface area (Å²) in [4.78, 5) is 0. The molecule has 1 rings (SSSR count). The van der Waals surface area contributed by atoms with E-state index in [1.54, 1.807) is 12.1 Å². The van der Waals surface area contributed by atoms with E-state index in [1.807, 2.05) is 0 Å². The maximum absolute atomic E-state index is 13.5. The number of hydrogen-bond donors (Lipinski definition) is 1. The molecule has 0 bridgehead atoms. The fourth-order valence-corrected chi connectivity index (χ4v) is 1.67. The van der Waals surface area contributed by atoms with Gasteiger partial charge in [0.15, 0.2) is 11.6 Å². The first-order valence-electron chi connectivity index (χ1n) is 6.35. The van der Waals surface area contributed by atoms with E-state index >= 15 is 0 Å². The van der Waals surface area contributed by atoms with Crippen LogP contribution < -0.4 is 10.5 Å². The van der Waals surface area contributed by atoms with E-state index in [1.165, 1.54) is 19.6 Å². The zero-order valence-electron chi connectivity index (χ0n) is 11.1. The largest absolute Gasteiger partial charge is 0.494 e. The third-order valence-corrected chi connectivity index (χ3v) is 2.79. The van der Waals surface area contributed by atoms with Gasteiger partial charge in [-0.25, -0.2) is 4.39 Å². The average molecular weight is 255 g/mol. The van der Waals surface area contributed by atoms with Gasteiger partial charge in [-0.3, -0.25) is 0 Å². The van der Waals surface area contributed by atoms with Crippen LogP contribution in [0, 0.1) is 5.82 Å².